The molecule has 3 heteroatoms. The van der Waals surface area contributed by atoms with E-state index in [1.54, 1.807) is 0 Å². The molecule has 0 bridgehead atoms. The van der Waals surface area contributed by atoms with Crippen molar-refractivity contribution in [3.8, 4) is 0 Å². The standard InChI is InChI=1S/C20H23NOSe/c22-20(21-17-11-5-2-6-12-17)18-13-7-8-14-19(18)23-15-16-9-3-1-4-10-16/h1,3-4,7-10,13-14,17H,2,5-6,11-12,15H2,(H,21,22). The van der Waals surface area contributed by atoms with E-state index < -0.39 is 0 Å². The van der Waals surface area contributed by atoms with Crippen molar-refractivity contribution in [3.63, 3.8) is 0 Å². The van der Waals surface area contributed by atoms with Crippen LogP contribution in [0.1, 0.15) is 48.0 Å². The van der Waals surface area contributed by atoms with Gasteiger partial charge in [-0.15, -0.1) is 0 Å². The van der Waals surface area contributed by atoms with Gasteiger partial charge in [0.15, 0.2) is 0 Å². The van der Waals surface area contributed by atoms with Crippen LogP contribution < -0.4 is 9.78 Å². The van der Waals surface area contributed by atoms with Gasteiger partial charge >= 0.3 is 145 Å². The second-order valence-corrected chi connectivity index (χ2v) is 8.21. The van der Waals surface area contributed by atoms with Crippen LogP contribution in [0.3, 0.4) is 0 Å². The summed E-state index contributed by atoms with van der Waals surface area (Å²) in [6.07, 6.45) is 6.05. The van der Waals surface area contributed by atoms with Gasteiger partial charge in [0, 0.05) is 0 Å². The zero-order chi connectivity index (χ0) is 15.9. The second-order valence-electron chi connectivity index (χ2n) is 6.08. The summed E-state index contributed by atoms with van der Waals surface area (Å²) in [5, 5.41) is 4.27. The van der Waals surface area contributed by atoms with E-state index in [2.05, 4.69) is 35.6 Å². The van der Waals surface area contributed by atoms with Gasteiger partial charge < -0.3 is 0 Å². The summed E-state index contributed by atoms with van der Waals surface area (Å²) >= 11 is 0.280. The van der Waals surface area contributed by atoms with Crippen molar-refractivity contribution >= 4 is 25.3 Å². The van der Waals surface area contributed by atoms with E-state index in [-0.39, 0.29) is 20.9 Å². The monoisotopic (exact) mass is 373 g/mol. The Bertz CT molecular complexity index is 635. The molecule has 0 spiro atoms. The van der Waals surface area contributed by atoms with Crippen molar-refractivity contribution in [2.45, 2.75) is 43.5 Å². The number of hydrogen-bond donors (Lipinski definition) is 1. The third-order valence-corrected chi connectivity index (χ3v) is 6.71. The number of hydrogen-bond acceptors (Lipinski definition) is 1. The van der Waals surface area contributed by atoms with Gasteiger partial charge in [0.05, 0.1) is 0 Å². The molecule has 0 unspecified atom stereocenters. The van der Waals surface area contributed by atoms with E-state index in [0.29, 0.717) is 6.04 Å². The molecule has 3 rings (SSSR count). The summed E-state index contributed by atoms with van der Waals surface area (Å²) < 4.78 is 1.21. The van der Waals surface area contributed by atoms with Crippen LogP contribution in [0.2, 0.25) is 0 Å². The molecule has 2 aromatic carbocycles. The van der Waals surface area contributed by atoms with Gasteiger partial charge in [-0.05, 0) is 0 Å². The van der Waals surface area contributed by atoms with Crippen LogP contribution in [0.4, 0.5) is 0 Å². The first-order valence-corrected chi connectivity index (χ1v) is 10.5. The van der Waals surface area contributed by atoms with Crippen molar-refractivity contribution < 1.29 is 4.79 Å². The quantitative estimate of drug-likeness (QED) is 0.802. The summed E-state index contributed by atoms with van der Waals surface area (Å²) in [6, 6.07) is 19.0. The summed E-state index contributed by atoms with van der Waals surface area (Å²) in [5.74, 6) is 0.113. The Morgan fingerprint density at radius 1 is 0.957 bits per heavy atom. The van der Waals surface area contributed by atoms with Gasteiger partial charge in [-0.2, -0.15) is 0 Å². The van der Waals surface area contributed by atoms with E-state index in [9.17, 15) is 4.79 Å². The first kappa shape index (κ1) is 16.3. The molecule has 0 saturated heterocycles. The molecular weight excluding hydrogens is 349 g/mol. The van der Waals surface area contributed by atoms with E-state index in [1.807, 2.05) is 24.3 Å². The SMILES string of the molecule is O=C(NC1CCCCC1)c1ccccc1[Se]Cc1ccccc1. The maximum atomic E-state index is 12.6. The van der Waals surface area contributed by atoms with Crippen LogP contribution >= 0.6 is 0 Å². The molecule has 1 saturated carbocycles. The molecular formula is C20H23NOSe. The van der Waals surface area contributed by atoms with Gasteiger partial charge in [0.2, 0.25) is 0 Å². The molecule has 2 aromatic rings. The van der Waals surface area contributed by atoms with Gasteiger partial charge in [-0.25, -0.2) is 0 Å². The van der Waals surface area contributed by atoms with E-state index in [4.69, 9.17) is 0 Å². The number of amides is 1. The minimum atomic E-state index is 0.113. The van der Waals surface area contributed by atoms with Crippen LogP contribution in [0.5, 0.6) is 0 Å². The molecule has 2 nitrogen and oxygen atoms in total. The topological polar surface area (TPSA) is 29.1 Å². The van der Waals surface area contributed by atoms with Crippen molar-refractivity contribution in [3.05, 3.63) is 65.7 Å². The van der Waals surface area contributed by atoms with Gasteiger partial charge in [-0.1, -0.05) is 0 Å². The predicted molar refractivity (Wildman–Crippen MR) is 96.3 cm³/mol. The fraction of sp³-hybridized carbons (Fsp3) is 0.350. The molecule has 1 N–H and O–H groups in total. The zero-order valence-corrected chi connectivity index (χ0v) is 15.0. The molecule has 0 aliphatic heterocycles. The molecule has 0 radical (unpaired) electrons. The predicted octanol–water partition coefficient (Wildman–Crippen LogP) is 3.28. The summed E-state index contributed by atoms with van der Waals surface area (Å²) in [4.78, 5) is 12.6. The summed E-state index contributed by atoms with van der Waals surface area (Å²) in [7, 11) is 0. The molecule has 1 fully saturated rings. The van der Waals surface area contributed by atoms with Gasteiger partial charge in [0.25, 0.3) is 0 Å². The molecule has 1 aliphatic carbocycles. The molecule has 0 atom stereocenters. The molecule has 1 amide bonds. The number of carbonyl (C=O) groups is 1. The Morgan fingerprint density at radius 3 is 2.43 bits per heavy atom. The Morgan fingerprint density at radius 2 is 1.65 bits per heavy atom. The van der Waals surface area contributed by atoms with Crippen LogP contribution in [0, 0.1) is 0 Å². The summed E-state index contributed by atoms with van der Waals surface area (Å²) in [5.41, 5.74) is 2.21. The van der Waals surface area contributed by atoms with E-state index >= 15 is 0 Å². The number of carbonyl (C=O) groups excluding carboxylic acids is 1. The van der Waals surface area contributed by atoms with Crippen LogP contribution in [-0.2, 0) is 5.32 Å². The van der Waals surface area contributed by atoms with E-state index in [0.717, 1.165) is 23.7 Å². The second kappa shape index (κ2) is 8.33. The average molecular weight is 372 g/mol. The maximum absolute atomic E-state index is 12.6. The fourth-order valence-electron chi connectivity index (χ4n) is 3.03. The van der Waals surface area contributed by atoms with Crippen LogP contribution in [-0.4, -0.2) is 26.9 Å². The van der Waals surface area contributed by atoms with Crippen LogP contribution in [0.25, 0.3) is 0 Å². The fourth-order valence-corrected chi connectivity index (χ4v) is 5.14. The Kier molecular flexibility index (Phi) is 5.90. The molecule has 1 aliphatic rings. The Labute approximate surface area is 144 Å². The van der Waals surface area contributed by atoms with Crippen molar-refractivity contribution in [1.29, 1.82) is 0 Å². The van der Waals surface area contributed by atoms with Crippen LogP contribution in [0.15, 0.2) is 54.6 Å². The van der Waals surface area contributed by atoms with Crippen molar-refractivity contribution in [2.75, 3.05) is 0 Å². The molecule has 120 valence electrons. The van der Waals surface area contributed by atoms with Crippen molar-refractivity contribution in [2.24, 2.45) is 0 Å². The first-order chi connectivity index (χ1) is 11.3. The minimum absolute atomic E-state index is 0.113. The molecule has 0 heterocycles. The number of nitrogens with one attached hydrogen (secondary N) is 1. The Hall–Kier alpha value is -1.57. The Balaban J connectivity index is 1.65. The van der Waals surface area contributed by atoms with Gasteiger partial charge in [-0.3, -0.25) is 0 Å². The third kappa shape index (κ3) is 4.70. The average Bonchev–Trinajstić information content (AvgIpc) is 2.62. The molecule has 0 aromatic heterocycles. The van der Waals surface area contributed by atoms with Gasteiger partial charge in [0.1, 0.15) is 0 Å². The summed E-state index contributed by atoms with van der Waals surface area (Å²) in [6.45, 7) is 0. The molecule has 23 heavy (non-hydrogen) atoms. The normalized spacial score (nSPS) is 15.3. The van der Waals surface area contributed by atoms with Crippen molar-refractivity contribution in [1.82, 2.24) is 5.32 Å². The first-order valence-electron chi connectivity index (χ1n) is 8.39. The zero-order valence-electron chi connectivity index (χ0n) is 13.3. The number of rotatable bonds is 5. The van der Waals surface area contributed by atoms with E-state index in [1.165, 1.54) is 29.3 Å². The third-order valence-electron chi connectivity index (χ3n) is 4.31. The number of benzene rings is 2.